The number of unbranched alkanes of at least 4 members (excludes halogenated alkanes) is 1. The van der Waals surface area contributed by atoms with Gasteiger partial charge in [-0.25, -0.2) is 0 Å². The molecule has 1 amide bonds. The molecule has 0 bridgehead atoms. The maximum absolute atomic E-state index is 12.5. The Morgan fingerprint density at radius 1 is 1.38 bits per heavy atom. The van der Waals surface area contributed by atoms with Gasteiger partial charge >= 0.3 is 0 Å². The summed E-state index contributed by atoms with van der Waals surface area (Å²) in [6, 6.07) is 2.02. The zero-order chi connectivity index (χ0) is 15.2. The van der Waals surface area contributed by atoms with Gasteiger partial charge in [0.1, 0.15) is 9.71 Å². The lowest BCUT2D eigenvalue weighted by molar-refractivity contribution is 0.0937. The van der Waals surface area contributed by atoms with Crippen molar-refractivity contribution in [2.45, 2.75) is 52.0 Å². The third-order valence-electron chi connectivity index (χ3n) is 3.51. The van der Waals surface area contributed by atoms with Crippen LogP contribution in [0.2, 0.25) is 0 Å². The van der Waals surface area contributed by atoms with Crippen molar-refractivity contribution in [1.82, 2.24) is 15.5 Å². The first-order valence-electron chi connectivity index (χ1n) is 7.47. The molecule has 2 aromatic heterocycles. The van der Waals surface area contributed by atoms with Crippen LogP contribution in [0.25, 0.3) is 10.2 Å². The van der Waals surface area contributed by atoms with Crippen molar-refractivity contribution >= 4 is 33.1 Å². The maximum atomic E-state index is 12.5. The molecule has 2 heterocycles. The molecule has 21 heavy (non-hydrogen) atoms. The summed E-state index contributed by atoms with van der Waals surface area (Å²) in [5.74, 6) is -0.0925. The van der Waals surface area contributed by atoms with Gasteiger partial charge in [-0.3, -0.25) is 4.79 Å². The number of amides is 1. The Morgan fingerprint density at radius 2 is 2.19 bits per heavy atom. The number of nitrogens with two attached hydrogens (primary N) is 1. The smallest absolute Gasteiger partial charge is 0.263 e. The minimum Gasteiger partial charge on any atom is -0.397 e. The number of nitrogens with zero attached hydrogens (tertiary/aromatic N) is 2. The molecule has 0 aliphatic heterocycles. The van der Waals surface area contributed by atoms with Gasteiger partial charge in [-0.15, -0.1) is 16.4 Å². The number of fused-ring (bicyclic) bond motifs is 1. The van der Waals surface area contributed by atoms with E-state index in [0.717, 1.165) is 37.5 Å². The Labute approximate surface area is 128 Å². The highest BCUT2D eigenvalue weighted by Crippen LogP contribution is 2.31. The highest BCUT2D eigenvalue weighted by Gasteiger charge is 2.19. The molecule has 1 atom stereocenters. The predicted molar refractivity (Wildman–Crippen MR) is 87.5 cm³/mol. The molecule has 0 aromatic carbocycles. The minimum absolute atomic E-state index is 0.0925. The molecule has 0 radical (unpaired) electrons. The topological polar surface area (TPSA) is 80.9 Å². The van der Waals surface area contributed by atoms with E-state index in [1.54, 1.807) is 12.3 Å². The first-order chi connectivity index (χ1) is 10.2. The van der Waals surface area contributed by atoms with E-state index >= 15 is 0 Å². The third-order valence-corrected chi connectivity index (χ3v) is 4.61. The van der Waals surface area contributed by atoms with Crippen LogP contribution in [0.1, 0.15) is 55.6 Å². The van der Waals surface area contributed by atoms with Crippen LogP contribution < -0.4 is 11.1 Å². The van der Waals surface area contributed by atoms with Crippen LogP contribution in [0.15, 0.2) is 12.3 Å². The van der Waals surface area contributed by atoms with Gasteiger partial charge in [0.25, 0.3) is 5.91 Å². The molecular formula is C15H22N4OS. The van der Waals surface area contributed by atoms with Gasteiger partial charge < -0.3 is 11.1 Å². The number of hydrogen-bond donors (Lipinski definition) is 2. The zero-order valence-corrected chi connectivity index (χ0v) is 13.4. The van der Waals surface area contributed by atoms with Gasteiger partial charge in [0.15, 0.2) is 0 Å². The monoisotopic (exact) mass is 306 g/mol. The maximum Gasteiger partial charge on any atom is 0.263 e. The number of nitrogens with one attached hydrogen (secondary N) is 1. The van der Waals surface area contributed by atoms with Crippen molar-refractivity contribution in [2.75, 3.05) is 5.73 Å². The van der Waals surface area contributed by atoms with E-state index in [2.05, 4.69) is 29.4 Å². The third kappa shape index (κ3) is 3.69. The van der Waals surface area contributed by atoms with E-state index < -0.39 is 0 Å². The van der Waals surface area contributed by atoms with Crippen molar-refractivity contribution in [3.05, 3.63) is 17.1 Å². The standard InChI is InChI=1S/C15H22N4OS/c1-3-5-7-10(6-4-2)18-14(20)13-12(16)11-8-9-17-19-15(11)21-13/h8-10H,3-7,16H2,1-2H3,(H,18,20). The van der Waals surface area contributed by atoms with Gasteiger partial charge in [-0.05, 0) is 18.9 Å². The fourth-order valence-corrected chi connectivity index (χ4v) is 3.32. The van der Waals surface area contributed by atoms with Crippen LogP contribution in [0.3, 0.4) is 0 Å². The molecule has 114 valence electrons. The quantitative estimate of drug-likeness (QED) is 0.822. The molecule has 5 nitrogen and oxygen atoms in total. The molecule has 2 rings (SSSR count). The molecule has 2 aromatic rings. The fourth-order valence-electron chi connectivity index (χ4n) is 2.38. The van der Waals surface area contributed by atoms with Crippen molar-refractivity contribution in [1.29, 1.82) is 0 Å². The molecular weight excluding hydrogens is 284 g/mol. The average molecular weight is 306 g/mol. The summed E-state index contributed by atoms with van der Waals surface area (Å²) in [6.45, 7) is 4.29. The molecule has 6 heteroatoms. The fraction of sp³-hybridized carbons (Fsp3) is 0.533. The number of nitrogen functional groups attached to an aromatic ring is 1. The number of hydrogen-bond acceptors (Lipinski definition) is 5. The van der Waals surface area contributed by atoms with E-state index in [1.165, 1.54) is 11.3 Å². The average Bonchev–Trinajstić information content (AvgIpc) is 2.83. The Bertz CT molecular complexity index is 611. The Morgan fingerprint density at radius 3 is 2.86 bits per heavy atom. The molecule has 0 aliphatic rings. The molecule has 0 spiro atoms. The number of rotatable bonds is 7. The van der Waals surface area contributed by atoms with Crippen molar-refractivity contribution in [3.63, 3.8) is 0 Å². The lowest BCUT2D eigenvalue weighted by Gasteiger charge is -2.17. The SMILES string of the molecule is CCCCC(CCC)NC(=O)c1sc2nnccc2c1N. The number of aromatic nitrogens is 2. The van der Waals surface area contributed by atoms with Crippen LogP contribution >= 0.6 is 11.3 Å². The Kier molecular flexibility index (Phi) is 5.50. The largest absolute Gasteiger partial charge is 0.397 e. The van der Waals surface area contributed by atoms with E-state index in [0.29, 0.717) is 15.4 Å². The lowest BCUT2D eigenvalue weighted by Crippen LogP contribution is -2.34. The van der Waals surface area contributed by atoms with Crippen molar-refractivity contribution in [2.24, 2.45) is 0 Å². The highest BCUT2D eigenvalue weighted by molar-refractivity contribution is 7.21. The van der Waals surface area contributed by atoms with Crippen LogP contribution in [-0.2, 0) is 0 Å². The number of thiophene rings is 1. The predicted octanol–water partition coefficient (Wildman–Crippen LogP) is 3.36. The summed E-state index contributed by atoms with van der Waals surface area (Å²) in [7, 11) is 0. The van der Waals surface area contributed by atoms with Gasteiger partial charge in [0.05, 0.1) is 11.9 Å². The Balaban J connectivity index is 2.15. The second kappa shape index (κ2) is 7.36. The number of carbonyl (C=O) groups is 1. The van der Waals surface area contributed by atoms with Crippen molar-refractivity contribution < 1.29 is 4.79 Å². The summed E-state index contributed by atoms with van der Waals surface area (Å²) in [5, 5.41) is 11.8. The van der Waals surface area contributed by atoms with Gasteiger partial charge in [-0.2, -0.15) is 5.10 Å². The minimum atomic E-state index is -0.0925. The second-order valence-electron chi connectivity index (χ2n) is 5.20. The summed E-state index contributed by atoms with van der Waals surface area (Å²) < 4.78 is 0. The second-order valence-corrected chi connectivity index (χ2v) is 6.20. The molecule has 0 saturated heterocycles. The van der Waals surface area contributed by atoms with E-state index in [1.807, 2.05) is 0 Å². The lowest BCUT2D eigenvalue weighted by atomic mass is 10.1. The molecule has 3 N–H and O–H groups in total. The van der Waals surface area contributed by atoms with Gasteiger partial charge in [0, 0.05) is 11.4 Å². The van der Waals surface area contributed by atoms with E-state index in [9.17, 15) is 4.79 Å². The molecule has 0 saturated carbocycles. The van der Waals surface area contributed by atoms with Crippen molar-refractivity contribution in [3.8, 4) is 0 Å². The number of anilines is 1. The normalized spacial score (nSPS) is 12.5. The van der Waals surface area contributed by atoms with Crippen LogP contribution in [-0.4, -0.2) is 22.1 Å². The summed E-state index contributed by atoms with van der Waals surface area (Å²) in [6.07, 6.45) is 6.92. The van der Waals surface area contributed by atoms with Crippen LogP contribution in [0.4, 0.5) is 5.69 Å². The van der Waals surface area contributed by atoms with Gasteiger partial charge in [0.2, 0.25) is 0 Å². The molecule has 1 unspecified atom stereocenters. The van der Waals surface area contributed by atoms with E-state index in [-0.39, 0.29) is 11.9 Å². The van der Waals surface area contributed by atoms with E-state index in [4.69, 9.17) is 5.73 Å². The van der Waals surface area contributed by atoms with Crippen LogP contribution in [0.5, 0.6) is 0 Å². The van der Waals surface area contributed by atoms with Crippen LogP contribution in [0, 0.1) is 0 Å². The van der Waals surface area contributed by atoms with Gasteiger partial charge in [-0.1, -0.05) is 33.1 Å². The first-order valence-corrected chi connectivity index (χ1v) is 8.29. The highest BCUT2D eigenvalue weighted by atomic mass is 32.1. The molecule has 0 fully saturated rings. The summed E-state index contributed by atoms with van der Waals surface area (Å²) in [5.41, 5.74) is 6.58. The number of carbonyl (C=O) groups excluding carboxylic acids is 1. The Hall–Kier alpha value is -1.69. The molecule has 0 aliphatic carbocycles. The summed E-state index contributed by atoms with van der Waals surface area (Å²) in [4.78, 5) is 13.7. The first kappa shape index (κ1) is 15.7. The zero-order valence-electron chi connectivity index (χ0n) is 12.6. The summed E-state index contributed by atoms with van der Waals surface area (Å²) >= 11 is 1.31.